The first-order chi connectivity index (χ1) is 11.3. The monoisotopic (exact) mass is 343 g/mol. The molecular formula is C16H19F2NO5. The number of nitrogens with zero attached hydrogens (tertiary/aromatic N) is 1. The smallest absolute Gasteiger partial charge is 0.387 e. The van der Waals surface area contributed by atoms with E-state index in [1.165, 1.54) is 30.2 Å². The lowest BCUT2D eigenvalue weighted by Gasteiger charge is -2.37. The quantitative estimate of drug-likeness (QED) is 0.889. The van der Waals surface area contributed by atoms with Gasteiger partial charge in [0.25, 0.3) is 5.91 Å². The van der Waals surface area contributed by atoms with Crippen LogP contribution in [0.1, 0.15) is 30.1 Å². The van der Waals surface area contributed by atoms with Crippen LogP contribution in [-0.4, -0.2) is 48.7 Å². The number of aliphatic carboxylic acids is 1. The Balaban J connectivity index is 2.21. The molecule has 1 fully saturated rings. The minimum Gasteiger partial charge on any atom is -0.493 e. The van der Waals surface area contributed by atoms with Crippen LogP contribution in [0.4, 0.5) is 8.78 Å². The molecule has 24 heavy (non-hydrogen) atoms. The second-order valence-electron chi connectivity index (χ2n) is 5.94. The van der Waals surface area contributed by atoms with Gasteiger partial charge in [-0.2, -0.15) is 8.78 Å². The highest BCUT2D eigenvalue weighted by Gasteiger charge is 2.39. The molecule has 1 aromatic rings. The van der Waals surface area contributed by atoms with Crippen LogP contribution in [0.2, 0.25) is 0 Å². The molecule has 8 heteroatoms. The zero-order valence-corrected chi connectivity index (χ0v) is 13.4. The number of carboxylic acid groups (broad SMARTS) is 1. The summed E-state index contributed by atoms with van der Waals surface area (Å²) >= 11 is 0. The van der Waals surface area contributed by atoms with E-state index in [9.17, 15) is 23.5 Å². The summed E-state index contributed by atoms with van der Waals surface area (Å²) < 4.78 is 34.0. The maximum absolute atomic E-state index is 12.6. The number of carboxylic acids is 1. The van der Waals surface area contributed by atoms with E-state index < -0.39 is 18.0 Å². The maximum atomic E-state index is 12.6. The summed E-state index contributed by atoms with van der Waals surface area (Å²) in [5.74, 6) is -1.47. The molecule has 1 aromatic carbocycles. The first kappa shape index (κ1) is 18.0. The molecule has 1 saturated heterocycles. The third-order valence-corrected chi connectivity index (χ3v) is 4.13. The number of amides is 1. The Hall–Kier alpha value is -2.38. The molecule has 1 aliphatic heterocycles. The van der Waals surface area contributed by atoms with Crippen molar-refractivity contribution in [2.24, 2.45) is 5.41 Å². The highest BCUT2D eigenvalue weighted by molar-refractivity contribution is 5.95. The van der Waals surface area contributed by atoms with Crippen LogP contribution in [-0.2, 0) is 4.79 Å². The fourth-order valence-corrected chi connectivity index (χ4v) is 2.76. The summed E-state index contributed by atoms with van der Waals surface area (Å²) in [7, 11) is 1.28. The predicted octanol–water partition coefficient (Wildman–Crippen LogP) is 2.62. The van der Waals surface area contributed by atoms with Gasteiger partial charge in [0.15, 0.2) is 11.5 Å². The van der Waals surface area contributed by atoms with Gasteiger partial charge in [-0.05, 0) is 38.0 Å². The first-order valence-corrected chi connectivity index (χ1v) is 7.42. The van der Waals surface area contributed by atoms with E-state index in [0.29, 0.717) is 19.4 Å². The van der Waals surface area contributed by atoms with Gasteiger partial charge in [0, 0.05) is 18.7 Å². The molecule has 6 nitrogen and oxygen atoms in total. The van der Waals surface area contributed by atoms with Gasteiger partial charge in [-0.1, -0.05) is 0 Å². The molecule has 0 radical (unpaired) electrons. The number of rotatable bonds is 5. The summed E-state index contributed by atoms with van der Waals surface area (Å²) in [5.41, 5.74) is -0.764. The van der Waals surface area contributed by atoms with E-state index in [-0.39, 0.29) is 29.5 Å². The van der Waals surface area contributed by atoms with Crippen LogP contribution in [0.3, 0.4) is 0 Å². The molecule has 1 N–H and O–H groups in total. The zero-order chi connectivity index (χ0) is 17.9. The highest BCUT2D eigenvalue weighted by Crippen LogP contribution is 2.33. The second kappa shape index (κ2) is 7.02. The normalized spacial score (nSPS) is 20.8. The number of alkyl halides is 2. The zero-order valence-electron chi connectivity index (χ0n) is 13.4. The Morgan fingerprint density at radius 2 is 2.04 bits per heavy atom. The van der Waals surface area contributed by atoms with Gasteiger partial charge in [-0.3, -0.25) is 9.59 Å². The van der Waals surface area contributed by atoms with Crippen molar-refractivity contribution in [2.45, 2.75) is 26.4 Å². The van der Waals surface area contributed by atoms with Crippen molar-refractivity contribution in [2.75, 3.05) is 20.2 Å². The molecular weight excluding hydrogens is 324 g/mol. The third kappa shape index (κ3) is 3.74. The van der Waals surface area contributed by atoms with Crippen molar-refractivity contribution in [3.63, 3.8) is 0 Å². The van der Waals surface area contributed by atoms with Crippen LogP contribution < -0.4 is 9.47 Å². The molecule has 132 valence electrons. The van der Waals surface area contributed by atoms with Crippen LogP contribution in [0.5, 0.6) is 11.5 Å². The number of hydrogen-bond donors (Lipinski definition) is 1. The molecule has 1 heterocycles. The summed E-state index contributed by atoms with van der Waals surface area (Å²) in [4.78, 5) is 25.4. The fourth-order valence-electron chi connectivity index (χ4n) is 2.76. The van der Waals surface area contributed by atoms with E-state index in [2.05, 4.69) is 4.74 Å². The van der Waals surface area contributed by atoms with Crippen LogP contribution in [0.25, 0.3) is 0 Å². The summed E-state index contributed by atoms with van der Waals surface area (Å²) in [6.45, 7) is -0.855. The van der Waals surface area contributed by atoms with Crippen molar-refractivity contribution in [3.05, 3.63) is 23.8 Å². The van der Waals surface area contributed by atoms with Gasteiger partial charge in [0.1, 0.15) is 0 Å². The van der Waals surface area contributed by atoms with Crippen LogP contribution >= 0.6 is 0 Å². The predicted molar refractivity (Wildman–Crippen MR) is 80.5 cm³/mol. The topological polar surface area (TPSA) is 76.1 Å². The lowest BCUT2D eigenvalue weighted by Crippen LogP contribution is -2.48. The highest BCUT2D eigenvalue weighted by atomic mass is 19.3. The number of halogens is 2. The van der Waals surface area contributed by atoms with E-state index >= 15 is 0 Å². The first-order valence-electron chi connectivity index (χ1n) is 7.42. The minimum absolute atomic E-state index is 0.0131. The average Bonchev–Trinajstić information content (AvgIpc) is 2.54. The van der Waals surface area contributed by atoms with Crippen molar-refractivity contribution in [1.29, 1.82) is 0 Å². The third-order valence-electron chi connectivity index (χ3n) is 4.13. The molecule has 1 atom stereocenters. The molecule has 1 aliphatic rings. The molecule has 0 aromatic heterocycles. The summed E-state index contributed by atoms with van der Waals surface area (Å²) in [6.07, 6.45) is 1.08. The van der Waals surface area contributed by atoms with Crippen molar-refractivity contribution in [3.8, 4) is 11.5 Å². The maximum Gasteiger partial charge on any atom is 0.387 e. The Morgan fingerprint density at radius 1 is 1.33 bits per heavy atom. The average molecular weight is 343 g/mol. The van der Waals surface area contributed by atoms with Crippen LogP contribution in [0.15, 0.2) is 18.2 Å². The number of methoxy groups -OCH3 is 1. The molecule has 1 amide bonds. The van der Waals surface area contributed by atoms with Gasteiger partial charge in [-0.25, -0.2) is 0 Å². The lowest BCUT2D eigenvalue weighted by molar-refractivity contribution is -0.150. The number of hydrogen-bond acceptors (Lipinski definition) is 4. The number of piperidine rings is 1. The molecule has 2 rings (SSSR count). The van der Waals surface area contributed by atoms with Gasteiger partial charge in [-0.15, -0.1) is 0 Å². The Bertz CT molecular complexity index is 637. The van der Waals surface area contributed by atoms with Gasteiger partial charge in [0.05, 0.1) is 12.5 Å². The second-order valence-corrected chi connectivity index (χ2v) is 5.94. The lowest BCUT2D eigenvalue weighted by atomic mass is 9.82. The largest absolute Gasteiger partial charge is 0.493 e. The standard InChI is InChI=1S/C16H19F2NO5/c1-16(14(21)22)6-3-7-19(9-16)13(20)10-4-5-11(24-15(17)18)12(8-10)23-2/h4-5,8,15H,3,6-7,9H2,1-2H3,(H,21,22). The SMILES string of the molecule is COc1cc(C(=O)N2CCCC(C)(C(=O)O)C2)ccc1OC(F)F. The Kier molecular flexibility index (Phi) is 5.26. The van der Waals surface area contributed by atoms with E-state index in [1.54, 1.807) is 6.92 Å². The molecule has 0 saturated carbocycles. The number of carbonyl (C=O) groups is 2. The van der Waals surface area contributed by atoms with Crippen molar-refractivity contribution in [1.82, 2.24) is 4.90 Å². The van der Waals surface area contributed by atoms with E-state index in [0.717, 1.165) is 0 Å². The summed E-state index contributed by atoms with van der Waals surface area (Å²) in [6, 6.07) is 3.90. The van der Waals surface area contributed by atoms with Crippen LogP contribution in [0, 0.1) is 5.41 Å². The minimum atomic E-state index is -3.00. The van der Waals surface area contributed by atoms with Crippen molar-refractivity contribution < 1.29 is 33.0 Å². The Morgan fingerprint density at radius 3 is 2.62 bits per heavy atom. The van der Waals surface area contributed by atoms with Gasteiger partial charge >= 0.3 is 12.6 Å². The molecule has 1 unspecified atom stereocenters. The molecule has 0 bridgehead atoms. The number of carbonyl (C=O) groups excluding carboxylic acids is 1. The van der Waals surface area contributed by atoms with E-state index in [4.69, 9.17) is 4.74 Å². The number of ether oxygens (including phenoxy) is 2. The number of benzene rings is 1. The van der Waals surface area contributed by atoms with Gasteiger partial charge < -0.3 is 19.5 Å². The fraction of sp³-hybridized carbons (Fsp3) is 0.500. The van der Waals surface area contributed by atoms with Gasteiger partial charge in [0.2, 0.25) is 0 Å². The Labute approximate surface area is 138 Å². The van der Waals surface area contributed by atoms with Crippen molar-refractivity contribution >= 4 is 11.9 Å². The summed E-state index contributed by atoms with van der Waals surface area (Å²) in [5, 5.41) is 9.32. The molecule has 0 spiro atoms. The van der Waals surface area contributed by atoms with E-state index in [1.807, 2.05) is 0 Å². The number of likely N-dealkylation sites (tertiary alicyclic amines) is 1. The molecule has 0 aliphatic carbocycles.